The first-order valence-corrected chi connectivity index (χ1v) is 13.6. The quantitative estimate of drug-likeness (QED) is 0.114. The number of carbonyl (C=O) groups is 2. The van der Waals surface area contributed by atoms with Crippen molar-refractivity contribution in [3.05, 3.63) is 16.7 Å². The van der Waals surface area contributed by atoms with Crippen molar-refractivity contribution < 1.29 is 29.6 Å². The summed E-state index contributed by atoms with van der Waals surface area (Å²) in [4.78, 5) is 26.9. The number of rotatable bonds is 3. The average Bonchev–Trinajstić information content (AvgIpc) is 2.79. The first-order chi connectivity index (χ1) is 16.8. The number of benzene rings is 1. The van der Waals surface area contributed by atoms with Gasteiger partial charge in [0.1, 0.15) is 22.1 Å². The Hall–Kier alpha value is -1.29. The predicted molar refractivity (Wildman–Crippen MR) is 143 cm³/mol. The van der Waals surface area contributed by atoms with Crippen LogP contribution in [0.2, 0.25) is 0 Å². The third kappa shape index (κ3) is 3.74. The van der Waals surface area contributed by atoms with Gasteiger partial charge >= 0.3 is 0 Å². The molecule has 2 aliphatic carbocycles. The van der Waals surface area contributed by atoms with Crippen molar-refractivity contribution in [1.82, 2.24) is 0 Å². The topological polar surface area (TPSA) is 142 Å². The summed E-state index contributed by atoms with van der Waals surface area (Å²) in [7, 11) is 0. The minimum absolute atomic E-state index is 0.0403. The van der Waals surface area contributed by atoms with Crippen LogP contribution in [0.3, 0.4) is 0 Å². The van der Waals surface area contributed by atoms with Crippen molar-refractivity contribution >= 4 is 52.1 Å². The van der Waals surface area contributed by atoms with Gasteiger partial charge in [0.25, 0.3) is 0 Å². The standard InChI is InChI=1S/C26H35Cl3N2O6/c1-11-18(32)16-15(17(31-30)19(11)33)21(35)26(9-12-22(2,3)13(27)7-8-24(12,6)36)25(29,20(16)34)10-14(28)23(4,5)37-26/h12-14,31-33,36H,7-10,30H2,1-6H3. The number of aliphatic hydroxyl groups is 1. The van der Waals surface area contributed by atoms with E-state index >= 15 is 0 Å². The maximum Gasteiger partial charge on any atom is 0.200 e. The second-order valence-electron chi connectivity index (χ2n) is 12.2. The van der Waals surface area contributed by atoms with Crippen molar-refractivity contribution in [3.63, 3.8) is 0 Å². The van der Waals surface area contributed by atoms with Crippen LogP contribution in [0.5, 0.6) is 11.5 Å². The number of nitrogen functional groups attached to an aromatic ring is 1. The molecule has 1 aliphatic heterocycles. The fourth-order valence-electron chi connectivity index (χ4n) is 6.64. The van der Waals surface area contributed by atoms with Gasteiger partial charge in [0.2, 0.25) is 0 Å². The Bertz CT molecular complexity index is 1190. The van der Waals surface area contributed by atoms with Crippen LogP contribution in [0.1, 0.15) is 86.6 Å². The normalized spacial score (nSPS) is 38.6. The highest BCUT2D eigenvalue weighted by Gasteiger charge is 2.72. The van der Waals surface area contributed by atoms with E-state index in [0.717, 1.165) is 0 Å². The van der Waals surface area contributed by atoms with Crippen LogP contribution in [-0.2, 0) is 4.74 Å². The molecular formula is C26H35Cl3N2O6. The minimum atomic E-state index is -2.02. The number of nitrogens with one attached hydrogen (secondary N) is 1. The van der Waals surface area contributed by atoms with Gasteiger partial charge in [-0.1, -0.05) is 13.8 Å². The molecule has 4 rings (SSSR count). The van der Waals surface area contributed by atoms with Crippen LogP contribution in [0, 0.1) is 18.3 Å². The van der Waals surface area contributed by atoms with Crippen molar-refractivity contribution in [3.8, 4) is 11.5 Å². The van der Waals surface area contributed by atoms with E-state index in [9.17, 15) is 24.9 Å². The Morgan fingerprint density at radius 3 is 2.19 bits per heavy atom. The fourth-order valence-corrected chi connectivity index (χ4v) is 7.71. The first kappa shape index (κ1) is 28.7. The van der Waals surface area contributed by atoms with Crippen molar-refractivity contribution in [1.29, 1.82) is 0 Å². The molecule has 3 aliphatic rings. The summed E-state index contributed by atoms with van der Waals surface area (Å²) < 4.78 is 6.53. The third-order valence-electron chi connectivity index (χ3n) is 9.15. The Morgan fingerprint density at radius 2 is 1.62 bits per heavy atom. The summed E-state index contributed by atoms with van der Waals surface area (Å²) >= 11 is 20.6. The number of ketones is 2. The molecule has 11 heteroatoms. The Kier molecular flexibility index (Phi) is 6.68. The highest BCUT2D eigenvalue weighted by molar-refractivity contribution is 6.46. The summed E-state index contributed by atoms with van der Waals surface area (Å²) in [6.07, 6.45) is 0.635. The monoisotopic (exact) mass is 576 g/mol. The highest BCUT2D eigenvalue weighted by atomic mass is 35.5. The number of hydrogen-bond donors (Lipinski definition) is 5. The molecule has 1 aromatic rings. The van der Waals surface area contributed by atoms with Gasteiger partial charge in [-0.2, -0.15) is 0 Å². The Labute approximate surface area is 231 Å². The second-order valence-corrected chi connectivity index (χ2v) is 13.9. The second kappa shape index (κ2) is 8.60. The SMILES string of the molecule is Cc1c(O)c(NN)c2c(c1O)C(=O)C1(Cl)CC(Cl)C(C)(C)OC1(CC1C(C)(O)CCC(Cl)C1(C)C)C2=O. The smallest absolute Gasteiger partial charge is 0.200 e. The lowest BCUT2D eigenvalue weighted by molar-refractivity contribution is -0.189. The molecule has 0 spiro atoms. The number of phenols is 2. The molecule has 2 fully saturated rings. The molecule has 0 aromatic heterocycles. The number of ether oxygens (including phenoxy) is 1. The maximum absolute atomic E-state index is 14.7. The number of hydrazine groups is 1. The molecule has 6 N–H and O–H groups in total. The van der Waals surface area contributed by atoms with E-state index in [1.54, 1.807) is 20.8 Å². The van der Waals surface area contributed by atoms with Gasteiger partial charge in [-0.05, 0) is 64.7 Å². The van der Waals surface area contributed by atoms with E-state index in [-0.39, 0.29) is 40.6 Å². The number of fused-ring (bicyclic) bond motifs is 2. The summed E-state index contributed by atoms with van der Waals surface area (Å²) in [5, 5.41) is 32.1. The zero-order valence-corrected chi connectivity index (χ0v) is 24.1. The minimum Gasteiger partial charge on any atom is -0.507 e. The van der Waals surface area contributed by atoms with Crippen molar-refractivity contribution in [2.45, 2.75) is 99.7 Å². The van der Waals surface area contributed by atoms with Crippen LogP contribution in [0.15, 0.2) is 0 Å². The number of phenolic OH excluding ortho intramolecular Hbond substituents is 2. The van der Waals surface area contributed by atoms with Gasteiger partial charge < -0.3 is 25.5 Å². The van der Waals surface area contributed by atoms with Crippen LogP contribution >= 0.6 is 34.8 Å². The number of alkyl halides is 3. The van der Waals surface area contributed by atoms with Gasteiger partial charge in [0, 0.05) is 10.9 Å². The number of aromatic hydroxyl groups is 2. The molecule has 0 radical (unpaired) electrons. The van der Waals surface area contributed by atoms with Crippen LogP contribution in [0.25, 0.3) is 0 Å². The first-order valence-electron chi connectivity index (χ1n) is 12.3. The summed E-state index contributed by atoms with van der Waals surface area (Å²) in [6.45, 7) is 10.3. The number of Topliss-reactive ketones (excluding diaryl/α,β-unsaturated/α-hetero) is 2. The molecular weight excluding hydrogens is 543 g/mol. The lowest BCUT2D eigenvalue weighted by Gasteiger charge is -2.60. The van der Waals surface area contributed by atoms with E-state index < -0.39 is 61.5 Å². The number of halogens is 3. The lowest BCUT2D eigenvalue weighted by Crippen LogP contribution is -2.74. The van der Waals surface area contributed by atoms with Gasteiger partial charge in [-0.3, -0.25) is 15.4 Å². The largest absolute Gasteiger partial charge is 0.507 e. The van der Waals surface area contributed by atoms with E-state index in [4.69, 9.17) is 45.4 Å². The van der Waals surface area contributed by atoms with Crippen molar-refractivity contribution in [2.24, 2.45) is 17.2 Å². The zero-order valence-electron chi connectivity index (χ0n) is 21.8. The van der Waals surface area contributed by atoms with Gasteiger partial charge in [-0.15, -0.1) is 34.8 Å². The van der Waals surface area contributed by atoms with Crippen molar-refractivity contribution in [2.75, 3.05) is 5.43 Å². The molecule has 8 nitrogen and oxygen atoms in total. The van der Waals surface area contributed by atoms with Crippen LogP contribution in [-0.4, -0.2) is 59.3 Å². The van der Waals surface area contributed by atoms with E-state index in [0.29, 0.717) is 12.8 Å². The number of nitrogens with two attached hydrogens (primary N) is 1. The fraction of sp³-hybridized carbons (Fsp3) is 0.692. The molecule has 0 bridgehead atoms. The van der Waals surface area contributed by atoms with E-state index in [2.05, 4.69) is 5.43 Å². The highest BCUT2D eigenvalue weighted by Crippen LogP contribution is 2.62. The van der Waals surface area contributed by atoms with Crippen LogP contribution < -0.4 is 11.3 Å². The molecule has 1 heterocycles. The molecule has 0 amide bonds. The Balaban J connectivity index is 2.06. The third-order valence-corrected chi connectivity index (χ3v) is 11.2. The molecule has 1 saturated carbocycles. The molecule has 1 saturated heterocycles. The van der Waals surface area contributed by atoms with E-state index in [1.165, 1.54) is 6.92 Å². The number of anilines is 1. The lowest BCUT2D eigenvalue weighted by atomic mass is 9.54. The maximum atomic E-state index is 14.7. The van der Waals surface area contributed by atoms with Gasteiger partial charge in [0.15, 0.2) is 17.2 Å². The number of hydrogen-bond acceptors (Lipinski definition) is 8. The summed E-state index contributed by atoms with van der Waals surface area (Å²) in [5.74, 6) is 2.52. The predicted octanol–water partition coefficient (Wildman–Crippen LogP) is 4.78. The summed E-state index contributed by atoms with van der Waals surface area (Å²) in [6, 6.07) is 0. The number of carbonyl (C=O) groups excluding carboxylic acids is 2. The van der Waals surface area contributed by atoms with E-state index in [1.807, 2.05) is 13.8 Å². The average molecular weight is 578 g/mol. The molecule has 6 atom stereocenters. The summed E-state index contributed by atoms with van der Waals surface area (Å²) in [5.41, 5.74) is -3.69. The molecule has 37 heavy (non-hydrogen) atoms. The van der Waals surface area contributed by atoms with Crippen LogP contribution in [0.4, 0.5) is 5.69 Å². The molecule has 1 aromatic carbocycles. The van der Waals surface area contributed by atoms with Gasteiger partial charge in [0.05, 0.1) is 27.7 Å². The van der Waals surface area contributed by atoms with Gasteiger partial charge in [-0.25, -0.2) is 0 Å². The molecule has 206 valence electrons. The molecule has 6 unspecified atom stereocenters. The Morgan fingerprint density at radius 1 is 1.03 bits per heavy atom. The zero-order chi connectivity index (χ0) is 28.1.